The van der Waals surface area contributed by atoms with E-state index in [1.807, 2.05) is 37.3 Å². The van der Waals surface area contributed by atoms with Gasteiger partial charge in [-0.05, 0) is 31.0 Å². The molecule has 1 amide bonds. The Bertz CT molecular complexity index is 853. The largest absolute Gasteiger partial charge is 0.364 e. The van der Waals surface area contributed by atoms with E-state index in [9.17, 15) is 13.2 Å². The monoisotopic (exact) mass is 359 g/mol. The minimum atomic E-state index is -3.02. The lowest BCUT2D eigenvalue weighted by atomic mass is 10.1. The van der Waals surface area contributed by atoms with Crippen LogP contribution >= 0.6 is 0 Å². The first kappa shape index (κ1) is 17.4. The zero-order valence-electron chi connectivity index (χ0n) is 14.0. The molecule has 2 heterocycles. The van der Waals surface area contributed by atoms with Crippen molar-refractivity contribution in [3.05, 3.63) is 59.8 Å². The molecule has 0 spiro atoms. The Hall–Kier alpha value is -2.41. The van der Waals surface area contributed by atoms with Gasteiger partial charge in [-0.25, -0.2) is 13.4 Å². The molecule has 7 heteroatoms. The fourth-order valence-electron chi connectivity index (χ4n) is 2.88. The minimum Gasteiger partial charge on any atom is -0.364 e. The third-order valence-corrected chi connectivity index (χ3v) is 6.02. The lowest BCUT2D eigenvalue weighted by molar-refractivity contribution is 0.0941. The quantitative estimate of drug-likeness (QED) is 0.854. The number of pyridine rings is 1. The van der Waals surface area contributed by atoms with E-state index in [-0.39, 0.29) is 29.5 Å². The fourth-order valence-corrected chi connectivity index (χ4v) is 4.55. The van der Waals surface area contributed by atoms with E-state index in [2.05, 4.69) is 15.6 Å². The molecule has 2 N–H and O–H groups in total. The number of anilines is 1. The summed E-state index contributed by atoms with van der Waals surface area (Å²) in [5.41, 5.74) is 1.58. The molecule has 1 aliphatic rings. The molecule has 0 radical (unpaired) electrons. The van der Waals surface area contributed by atoms with E-state index < -0.39 is 9.84 Å². The zero-order chi connectivity index (χ0) is 17.9. The second-order valence-electron chi connectivity index (χ2n) is 6.28. The van der Waals surface area contributed by atoms with Crippen molar-refractivity contribution in [2.45, 2.75) is 25.4 Å². The summed E-state index contributed by atoms with van der Waals surface area (Å²) >= 11 is 0. The average molecular weight is 359 g/mol. The first-order chi connectivity index (χ1) is 11.9. The smallest absolute Gasteiger partial charge is 0.251 e. The summed E-state index contributed by atoms with van der Waals surface area (Å²) in [4.78, 5) is 16.6. The molecule has 1 saturated heterocycles. The fraction of sp³-hybridized carbons (Fsp3) is 0.333. The zero-order valence-corrected chi connectivity index (χ0v) is 14.8. The number of carbonyl (C=O) groups excluding carboxylic acids is 1. The number of benzene rings is 1. The summed E-state index contributed by atoms with van der Waals surface area (Å²) in [6, 6.07) is 13.0. The molecule has 0 bridgehead atoms. The highest BCUT2D eigenvalue weighted by Crippen LogP contribution is 2.18. The van der Waals surface area contributed by atoms with Crippen LogP contribution in [0.5, 0.6) is 0 Å². The lowest BCUT2D eigenvalue weighted by Crippen LogP contribution is -2.35. The lowest BCUT2D eigenvalue weighted by Gasteiger charge is -2.16. The highest BCUT2D eigenvalue weighted by atomic mass is 32.2. The van der Waals surface area contributed by atoms with Gasteiger partial charge < -0.3 is 10.6 Å². The summed E-state index contributed by atoms with van der Waals surface area (Å²) in [6.07, 6.45) is 2.04. The molecule has 1 aromatic carbocycles. The van der Waals surface area contributed by atoms with Crippen LogP contribution in [0.25, 0.3) is 0 Å². The summed E-state index contributed by atoms with van der Waals surface area (Å²) in [7, 11) is -3.02. The summed E-state index contributed by atoms with van der Waals surface area (Å²) in [5.74, 6) is 0.471. The maximum atomic E-state index is 12.4. The van der Waals surface area contributed by atoms with Gasteiger partial charge in [0.2, 0.25) is 0 Å². The molecule has 2 atom stereocenters. The van der Waals surface area contributed by atoms with E-state index in [0.29, 0.717) is 17.8 Å². The van der Waals surface area contributed by atoms with Crippen LogP contribution in [0.2, 0.25) is 0 Å². The molecule has 2 aromatic rings. The topological polar surface area (TPSA) is 88.2 Å². The Kier molecular flexibility index (Phi) is 5.03. The average Bonchev–Trinajstić information content (AvgIpc) is 2.94. The Labute approximate surface area is 147 Å². The maximum absolute atomic E-state index is 12.4. The number of rotatable bonds is 5. The van der Waals surface area contributed by atoms with Crippen LogP contribution in [0, 0.1) is 0 Å². The molecule has 1 aromatic heterocycles. The minimum absolute atomic E-state index is 0.0139. The molecule has 25 heavy (non-hydrogen) atoms. The van der Waals surface area contributed by atoms with Gasteiger partial charge in [0.25, 0.3) is 5.91 Å². The van der Waals surface area contributed by atoms with Crippen molar-refractivity contribution >= 4 is 21.6 Å². The molecule has 0 aliphatic carbocycles. The second kappa shape index (κ2) is 7.23. The van der Waals surface area contributed by atoms with Gasteiger partial charge >= 0.3 is 0 Å². The SMILES string of the molecule is CC(Nc1cc(C(=O)NC2CCS(=O)(=O)C2)ccn1)c1ccccc1. The molecule has 132 valence electrons. The second-order valence-corrected chi connectivity index (χ2v) is 8.51. The van der Waals surface area contributed by atoms with Crippen molar-refractivity contribution in [1.82, 2.24) is 10.3 Å². The van der Waals surface area contributed by atoms with Gasteiger partial charge in [0, 0.05) is 23.8 Å². The van der Waals surface area contributed by atoms with E-state index in [4.69, 9.17) is 0 Å². The van der Waals surface area contributed by atoms with Crippen LogP contribution in [0.1, 0.15) is 35.3 Å². The van der Waals surface area contributed by atoms with Gasteiger partial charge in [-0.2, -0.15) is 0 Å². The standard InChI is InChI=1S/C18H21N3O3S/c1-13(14-5-3-2-4-6-14)20-17-11-15(7-9-19-17)18(22)21-16-8-10-25(23,24)12-16/h2-7,9,11,13,16H,8,10,12H2,1H3,(H,19,20)(H,21,22). The Morgan fingerprint density at radius 2 is 2.00 bits per heavy atom. The highest BCUT2D eigenvalue weighted by molar-refractivity contribution is 7.91. The van der Waals surface area contributed by atoms with Crippen LogP contribution in [0.15, 0.2) is 48.7 Å². The third kappa shape index (κ3) is 4.57. The van der Waals surface area contributed by atoms with Crippen LogP contribution < -0.4 is 10.6 Å². The first-order valence-electron chi connectivity index (χ1n) is 8.22. The van der Waals surface area contributed by atoms with Crippen LogP contribution in [0.3, 0.4) is 0 Å². The van der Waals surface area contributed by atoms with Crippen LogP contribution in [0.4, 0.5) is 5.82 Å². The predicted octanol–water partition coefficient (Wildman–Crippen LogP) is 2.17. The molecule has 1 fully saturated rings. The van der Waals surface area contributed by atoms with E-state index in [1.165, 1.54) is 0 Å². The molecule has 6 nitrogen and oxygen atoms in total. The van der Waals surface area contributed by atoms with Crippen molar-refractivity contribution in [3.63, 3.8) is 0 Å². The first-order valence-corrected chi connectivity index (χ1v) is 10.0. The molecular weight excluding hydrogens is 338 g/mol. The van der Waals surface area contributed by atoms with Gasteiger partial charge in [-0.3, -0.25) is 4.79 Å². The van der Waals surface area contributed by atoms with E-state index in [0.717, 1.165) is 5.56 Å². The molecule has 3 rings (SSSR count). The number of nitrogens with one attached hydrogen (secondary N) is 2. The Balaban J connectivity index is 1.66. The normalized spacial score (nSPS) is 20.0. The maximum Gasteiger partial charge on any atom is 0.251 e. The van der Waals surface area contributed by atoms with Gasteiger partial charge in [0.1, 0.15) is 5.82 Å². The van der Waals surface area contributed by atoms with Crippen molar-refractivity contribution in [2.24, 2.45) is 0 Å². The number of amides is 1. The molecule has 2 unspecified atom stereocenters. The van der Waals surface area contributed by atoms with Gasteiger partial charge in [0.15, 0.2) is 9.84 Å². The van der Waals surface area contributed by atoms with Crippen LogP contribution in [-0.4, -0.2) is 36.9 Å². The van der Waals surface area contributed by atoms with Gasteiger partial charge in [-0.15, -0.1) is 0 Å². The third-order valence-electron chi connectivity index (χ3n) is 4.25. The summed E-state index contributed by atoms with van der Waals surface area (Å²) in [6.45, 7) is 2.02. The van der Waals surface area contributed by atoms with Gasteiger partial charge in [0.05, 0.1) is 11.5 Å². The van der Waals surface area contributed by atoms with Gasteiger partial charge in [-0.1, -0.05) is 30.3 Å². The van der Waals surface area contributed by atoms with Crippen molar-refractivity contribution in [2.75, 3.05) is 16.8 Å². The van der Waals surface area contributed by atoms with E-state index >= 15 is 0 Å². The number of aromatic nitrogens is 1. The van der Waals surface area contributed by atoms with Crippen molar-refractivity contribution in [3.8, 4) is 0 Å². The Morgan fingerprint density at radius 3 is 2.68 bits per heavy atom. The predicted molar refractivity (Wildman–Crippen MR) is 97.2 cm³/mol. The molecule has 0 saturated carbocycles. The molecular formula is C18H21N3O3S. The van der Waals surface area contributed by atoms with Crippen molar-refractivity contribution in [1.29, 1.82) is 0 Å². The number of hydrogen-bond acceptors (Lipinski definition) is 5. The number of nitrogens with zero attached hydrogens (tertiary/aromatic N) is 1. The molecule has 1 aliphatic heterocycles. The number of carbonyl (C=O) groups is 1. The summed E-state index contributed by atoms with van der Waals surface area (Å²) < 4.78 is 23.0. The van der Waals surface area contributed by atoms with E-state index in [1.54, 1.807) is 18.3 Å². The summed E-state index contributed by atoms with van der Waals surface area (Å²) in [5, 5.41) is 6.06. The van der Waals surface area contributed by atoms with Crippen LogP contribution in [-0.2, 0) is 9.84 Å². The highest BCUT2D eigenvalue weighted by Gasteiger charge is 2.29. The number of sulfone groups is 1. The Morgan fingerprint density at radius 1 is 1.24 bits per heavy atom. The van der Waals surface area contributed by atoms with Crippen molar-refractivity contribution < 1.29 is 13.2 Å². The number of hydrogen-bond donors (Lipinski definition) is 2.